The van der Waals surface area contributed by atoms with Crippen LogP contribution in [0, 0.1) is 0 Å². The van der Waals surface area contributed by atoms with Crippen molar-refractivity contribution in [3.8, 4) is 5.75 Å². The molecule has 0 radical (unpaired) electrons. The van der Waals surface area contributed by atoms with Gasteiger partial charge in [0.25, 0.3) is 0 Å². The van der Waals surface area contributed by atoms with Crippen LogP contribution in [-0.2, 0) is 21.4 Å². The van der Waals surface area contributed by atoms with Gasteiger partial charge in [0, 0.05) is 23.4 Å². The smallest absolute Gasteiger partial charge is 0.427 e. The zero-order valence-electron chi connectivity index (χ0n) is 13.2. The van der Waals surface area contributed by atoms with Crippen LogP contribution in [0.3, 0.4) is 0 Å². The second kappa shape index (κ2) is 9.37. The molecule has 0 aromatic heterocycles. The van der Waals surface area contributed by atoms with Crippen molar-refractivity contribution in [1.29, 1.82) is 0 Å². The Hall–Kier alpha value is -1.96. The van der Waals surface area contributed by atoms with E-state index in [9.17, 15) is 22.1 Å². The summed E-state index contributed by atoms with van der Waals surface area (Å²) in [4.78, 5) is 12.1. The highest BCUT2D eigenvalue weighted by atomic mass is 32.2. The van der Waals surface area contributed by atoms with Crippen molar-refractivity contribution in [1.82, 2.24) is 0 Å². The van der Waals surface area contributed by atoms with E-state index < -0.39 is 7.25 Å². The van der Waals surface area contributed by atoms with Crippen LogP contribution in [0.2, 0.25) is 0 Å². The Balaban J connectivity index is 0.000000505. The normalized spacial score (nSPS) is 11.9. The molecule has 0 spiro atoms. The maximum Gasteiger partial charge on any atom is 0.673 e. The maximum atomic E-state index is 10.9. The Morgan fingerprint density at radius 3 is 1.96 bits per heavy atom. The summed E-state index contributed by atoms with van der Waals surface area (Å²) >= 11 is 0. The monoisotopic (exact) mass is 360 g/mol. The SMILES string of the molecule is CC(=O)Oc1ccc([S+](C)Cc2ccccc2)cc1.F[B-](F)(F)F. The van der Waals surface area contributed by atoms with E-state index in [1.54, 1.807) is 0 Å². The summed E-state index contributed by atoms with van der Waals surface area (Å²) in [6, 6.07) is 18.2. The third-order valence-electron chi connectivity index (χ3n) is 2.71. The number of ether oxygens (including phenoxy) is 1. The summed E-state index contributed by atoms with van der Waals surface area (Å²) in [7, 11) is -5.85. The first-order valence-electron chi connectivity index (χ1n) is 6.97. The van der Waals surface area contributed by atoms with Crippen LogP contribution in [0.15, 0.2) is 59.5 Å². The maximum absolute atomic E-state index is 10.9. The van der Waals surface area contributed by atoms with Crippen LogP contribution in [0.25, 0.3) is 0 Å². The van der Waals surface area contributed by atoms with Crippen LogP contribution in [0.5, 0.6) is 5.75 Å². The van der Waals surface area contributed by atoms with E-state index >= 15 is 0 Å². The lowest BCUT2D eigenvalue weighted by Gasteiger charge is -2.05. The molecule has 0 aliphatic carbocycles. The Morgan fingerprint density at radius 2 is 1.50 bits per heavy atom. The first kappa shape index (κ1) is 20.1. The van der Waals surface area contributed by atoms with Crippen molar-refractivity contribution in [3.05, 3.63) is 60.2 Å². The minimum Gasteiger partial charge on any atom is -0.427 e. The Labute approximate surface area is 141 Å². The van der Waals surface area contributed by atoms with E-state index in [0.29, 0.717) is 5.75 Å². The molecule has 1 atom stereocenters. The van der Waals surface area contributed by atoms with Gasteiger partial charge in [-0.3, -0.25) is 4.79 Å². The highest BCUT2D eigenvalue weighted by molar-refractivity contribution is 7.95. The Bertz CT molecular complexity index is 627. The largest absolute Gasteiger partial charge is 0.673 e. The Morgan fingerprint density at radius 1 is 1.00 bits per heavy atom. The van der Waals surface area contributed by atoms with E-state index in [1.165, 1.54) is 17.4 Å². The second-order valence-corrected chi connectivity index (χ2v) is 6.86. The number of benzene rings is 2. The molecule has 130 valence electrons. The molecule has 2 aromatic rings. The Kier molecular flexibility index (Phi) is 7.84. The highest BCUT2D eigenvalue weighted by Gasteiger charge is 2.20. The van der Waals surface area contributed by atoms with Gasteiger partial charge >= 0.3 is 13.2 Å². The van der Waals surface area contributed by atoms with Crippen molar-refractivity contribution < 1.29 is 26.8 Å². The molecular formula is C16H17BF4O2S. The minimum absolute atomic E-state index is 0.154. The van der Waals surface area contributed by atoms with Crippen LogP contribution >= 0.6 is 0 Å². The van der Waals surface area contributed by atoms with Gasteiger partial charge in [-0.1, -0.05) is 30.3 Å². The van der Waals surface area contributed by atoms with E-state index in [-0.39, 0.29) is 16.9 Å². The van der Waals surface area contributed by atoms with Crippen LogP contribution in [0.1, 0.15) is 12.5 Å². The van der Waals surface area contributed by atoms with E-state index in [1.807, 2.05) is 30.3 Å². The minimum atomic E-state index is -6.00. The number of halogens is 4. The number of hydrogen-bond donors (Lipinski definition) is 0. The standard InChI is InChI=1S/C16H17O2S.BF4/c1-13(17)18-15-8-10-16(11-9-15)19(2)12-14-6-4-3-5-7-14;2-1(3,4)5/h3-11H,12H2,1-2H3;/q+1;-1. The summed E-state index contributed by atoms with van der Waals surface area (Å²) in [6.07, 6.45) is 2.23. The summed E-state index contributed by atoms with van der Waals surface area (Å²) < 4.78 is 44.0. The predicted octanol–water partition coefficient (Wildman–Crippen LogP) is 4.72. The van der Waals surface area contributed by atoms with Crippen molar-refractivity contribution in [3.63, 3.8) is 0 Å². The fraction of sp³-hybridized carbons (Fsp3) is 0.188. The van der Waals surface area contributed by atoms with Gasteiger partial charge in [0.1, 0.15) is 17.8 Å². The van der Waals surface area contributed by atoms with Gasteiger partial charge in [-0.2, -0.15) is 0 Å². The van der Waals surface area contributed by atoms with Crippen molar-refractivity contribution >= 4 is 24.1 Å². The summed E-state index contributed by atoms with van der Waals surface area (Å²) in [5, 5.41) is 0. The third-order valence-corrected chi connectivity index (χ3v) is 4.56. The summed E-state index contributed by atoms with van der Waals surface area (Å²) in [6.45, 7) is 1.41. The lowest BCUT2D eigenvalue weighted by Crippen LogP contribution is -2.05. The van der Waals surface area contributed by atoms with E-state index in [4.69, 9.17) is 4.74 Å². The molecule has 0 N–H and O–H groups in total. The summed E-state index contributed by atoms with van der Waals surface area (Å²) in [5.41, 5.74) is 1.34. The average Bonchev–Trinajstić information content (AvgIpc) is 2.46. The average molecular weight is 360 g/mol. The molecule has 0 aliphatic rings. The fourth-order valence-corrected chi connectivity index (χ4v) is 3.27. The molecule has 0 amide bonds. The van der Waals surface area contributed by atoms with Gasteiger partial charge in [0.05, 0.1) is 0 Å². The first-order valence-corrected chi connectivity index (χ1v) is 8.77. The zero-order valence-corrected chi connectivity index (χ0v) is 14.0. The molecule has 2 nitrogen and oxygen atoms in total. The van der Waals surface area contributed by atoms with Gasteiger partial charge < -0.3 is 22.0 Å². The van der Waals surface area contributed by atoms with Crippen molar-refractivity contribution in [2.24, 2.45) is 0 Å². The molecule has 0 saturated heterocycles. The lowest BCUT2D eigenvalue weighted by atomic mass is 10.2. The third kappa shape index (κ3) is 9.24. The van der Waals surface area contributed by atoms with Crippen LogP contribution in [-0.4, -0.2) is 19.5 Å². The molecule has 2 rings (SSSR count). The van der Waals surface area contributed by atoms with Crippen LogP contribution < -0.4 is 4.74 Å². The van der Waals surface area contributed by atoms with Gasteiger partial charge in [-0.15, -0.1) is 0 Å². The van der Waals surface area contributed by atoms with Gasteiger partial charge in [-0.05, 0) is 24.3 Å². The molecule has 0 bridgehead atoms. The molecule has 0 saturated carbocycles. The van der Waals surface area contributed by atoms with Gasteiger partial charge in [0.15, 0.2) is 4.90 Å². The molecule has 0 aliphatic heterocycles. The zero-order chi connectivity index (χ0) is 18.2. The van der Waals surface area contributed by atoms with Crippen molar-refractivity contribution in [2.45, 2.75) is 17.6 Å². The summed E-state index contributed by atoms with van der Waals surface area (Å²) in [5.74, 6) is 1.36. The topological polar surface area (TPSA) is 26.3 Å². The molecule has 0 heterocycles. The number of esters is 1. The molecular weight excluding hydrogens is 343 g/mol. The molecule has 8 heteroatoms. The second-order valence-electron chi connectivity index (χ2n) is 4.83. The number of carbonyl (C=O) groups is 1. The predicted molar refractivity (Wildman–Crippen MR) is 89.6 cm³/mol. The molecule has 2 aromatic carbocycles. The fourth-order valence-electron chi connectivity index (χ4n) is 1.81. The molecule has 0 fully saturated rings. The molecule has 24 heavy (non-hydrogen) atoms. The van der Waals surface area contributed by atoms with Gasteiger partial charge in [0.2, 0.25) is 0 Å². The number of rotatable bonds is 4. The quantitative estimate of drug-likeness (QED) is 0.259. The highest BCUT2D eigenvalue weighted by Crippen LogP contribution is 2.20. The lowest BCUT2D eigenvalue weighted by molar-refractivity contribution is -0.131. The van der Waals surface area contributed by atoms with Gasteiger partial charge in [-0.25, -0.2) is 0 Å². The van der Waals surface area contributed by atoms with E-state index in [2.05, 4.69) is 30.5 Å². The first-order chi connectivity index (χ1) is 11.1. The molecule has 1 unspecified atom stereocenters. The number of hydrogen-bond acceptors (Lipinski definition) is 2. The van der Waals surface area contributed by atoms with Crippen LogP contribution in [0.4, 0.5) is 17.3 Å². The number of carbonyl (C=O) groups excluding carboxylic acids is 1. The van der Waals surface area contributed by atoms with Crippen molar-refractivity contribution in [2.75, 3.05) is 6.26 Å². The van der Waals surface area contributed by atoms with E-state index in [0.717, 1.165) is 5.75 Å².